The average molecular weight is 309 g/mol. The molecule has 2 rings (SSSR count). The van der Waals surface area contributed by atoms with E-state index in [2.05, 4.69) is 5.10 Å². The standard InChI is InChI=1S/C12H11N3O5S/c1-9-4-5-11(7-12(9)15(16)17)21(18,19)14-13-8-10-3-2-6-20-10/h2-8,14H,1H3/b13-8-. The van der Waals surface area contributed by atoms with Crippen molar-refractivity contribution in [2.75, 3.05) is 0 Å². The number of nitro benzene ring substituents is 1. The van der Waals surface area contributed by atoms with E-state index in [9.17, 15) is 18.5 Å². The van der Waals surface area contributed by atoms with Crippen LogP contribution in [0.1, 0.15) is 11.3 Å². The molecule has 0 atom stereocenters. The largest absolute Gasteiger partial charge is 0.463 e. The summed E-state index contributed by atoms with van der Waals surface area (Å²) < 4.78 is 28.9. The third kappa shape index (κ3) is 3.45. The van der Waals surface area contributed by atoms with E-state index in [4.69, 9.17) is 4.42 Å². The summed E-state index contributed by atoms with van der Waals surface area (Å²) in [4.78, 5) is 11.9. The van der Waals surface area contributed by atoms with Crippen molar-refractivity contribution in [1.29, 1.82) is 0 Å². The Kier molecular flexibility index (Phi) is 4.03. The van der Waals surface area contributed by atoms with Crippen molar-refractivity contribution in [1.82, 2.24) is 4.83 Å². The predicted molar refractivity (Wildman–Crippen MR) is 74.5 cm³/mol. The lowest BCUT2D eigenvalue weighted by molar-refractivity contribution is -0.385. The molecule has 2 aromatic rings. The van der Waals surface area contributed by atoms with Gasteiger partial charge in [0, 0.05) is 11.6 Å². The molecule has 0 radical (unpaired) electrons. The van der Waals surface area contributed by atoms with Crippen LogP contribution < -0.4 is 4.83 Å². The first kappa shape index (κ1) is 14.7. The normalized spacial score (nSPS) is 11.7. The van der Waals surface area contributed by atoms with Gasteiger partial charge in [-0.3, -0.25) is 10.1 Å². The van der Waals surface area contributed by atoms with Crippen molar-refractivity contribution in [3.63, 3.8) is 0 Å². The van der Waals surface area contributed by atoms with Crippen LogP contribution in [0.25, 0.3) is 0 Å². The van der Waals surface area contributed by atoms with Gasteiger partial charge in [-0.05, 0) is 25.1 Å². The molecule has 0 amide bonds. The minimum absolute atomic E-state index is 0.239. The Bertz CT molecular complexity index is 781. The van der Waals surface area contributed by atoms with Gasteiger partial charge < -0.3 is 4.42 Å². The zero-order valence-electron chi connectivity index (χ0n) is 10.9. The van der Waals surface area contributed by atoms with Gasteiger partial charge in [0.15, 0.2) is 0 Å². The quantitative estimate of drug-likeness (QED) is 0.514. The molecule has 1 N–H and O–H groups in total. The zero-order chi connectivity index (χ0) is 15.5. The summed E-state index contributed by atoms with van der Waals surface area (Å²) in [5.41, 5.74) is 0.103. The van der Waals surface area contributed by atoms with Crippen molar-refractivity contribution in [3.05, 3.63) is 58.0 Å². The number of nitrogens with zero attached hydrogens (tertiary/aromatic N) is 2. The Balaban J connectivity index is 2.23. The molecule has 1 aromatic carbocycles. The molecule has 21 heavy (non-hydrogen) atoms. The van der Waals surface area contributed by atoms with E-state index in [1.807, 2.05) is 4.83 Å². The Labute approximate surface area is 120 Å². The molecule has 0 saturated heterocycles. The van der Waals surface area contributed by atoms with E-state index in [-0.39, 0.29) is 10.6 Å². The highest BCUT2D eigenvalue weighted by Gasteiger charge is 2.19. The van der Waals surface area contributed by atoms with Crippen LogP contribution >= 0.6 is 0 Å². The van der Waals surface area contributed by atoms with Gasteiger partial charge in [-0.15, -0.1) is 0 Å². The maximum Gasteiger partial charge on any atom is 0.276 e. The van der Waals surface area contributed by atoms with Crippen LogP contribution in [0, 0.1) is 17.0 Å². The molecule has 1 heterocycles. The van der Waals surface area contributed by atoms with Crippen molar-refractivity contribution in [2.24, 2.45) is 5.10 Å². The van der Waals surface area contributed by atoms with Crippen molar-refractivity contribution in [2.45, 2.75) is 11.8 Å². The minimum atomic E-state index is -3.98. The van der Waals surface area contributed by atoms with Crippen molar-refractivity contribution < 1.29 is 17.8 Å². The van der Waals surface area contributed by atoms with Gasteiger partial charge in [-0.1, -0.05) is 6.07 Å². The smallest absolute Gasteiger partial charge is 0.276 e. The molecule has 8 nitrogen and oxygen atoms in total. The number of nitrogens with one attached hydrogen (secondary N) is 1. The summed E-state index contributed by atoms with van der Waals surface area (Å²) in [5.74, 6) is 0.368. The fourth-order valence-electron chi connectivity index (χ4n) is 1.53. The van der Waals surface area contributed by atoms with Gasteiger partial charge in [0.2, 0.25) is 0 Å². The fraction of sp³-hybridized carbons (Fsp3) is 0.0833. The molecule has 9 heteroatoms. The molecule has 0 spiro atoms. The van der Waals surface area contributed by atoms with Crippen LogP contribution in [0.5, 0.6) is 0 Å². The van der Waals surface area contributed by atoms with Crippen LogP contribution in [0.4, 0.5) is 5.69 Å². The first-order chi connectivity index (χ1) is 9.90. The van der Waals surface area contributed by atoms with Crippen LogP contribution in [0.3, 0.4) is 0 Å². The Morgan fingerprint density at radius 2 is 2.14 bits per heavy atom. The summed E-state index contributed by atoms with van der Waals surface area (Å²) in [6.07, 6.45) is 2.60. The summed E-state index contributed by atoms with van der Waals surface area (Å²) >= 11 is 0. The number of hydrogen-bond donors (Lipinski definition) is 1. The lowest BCUT2D eigenvalue weighted by Crippen LogP contribution is -2.18. The molecular formula is C12H11N3O5S. The Hall–Kier alpha value is -2.68. The molecule has 0 saturated carbocycles. The second kappa shape index (κ2) is 5.75. The molecule has 0 bridgehead atoms. The van der Waals surface area contributed by atoms with E-state index >= 15 is 0 Å². The Morgan fingerprint density at radius 1 is 1.38 bits per heavy atom. The van der Waals surface area contributed by atoms with Gasteiger partial charge in [0.05, 0.1) is 22.3 Å². The van der Waals surface area contributed by atoms with E-state index in [1.54, 1.807) is 12.1 Å². The average Bonchev–Trinajstić information content (AvgIpc) is 2.91. The predicted octanol–water partition coefficient (Wildman–Crippen LogP) is 1.81. The van der Waals surface area contributed by atoms with Crippen LogP contribution in [0.2, 0.25) is 0 Å². The molecule has 0 fully saturated rings. The first-order valence-electron chi connectivity index (χ1n) is 5.73. The summed E-state index contributed by atoms with van der Waals surface area (Å²) in [6, 6.07) is 6.84. The monoisotopic (exact) mass is 309 g/mol. The lowest BCUT2D eigenvalue weighted by Gasteiger charge is -2.04. The number of benzene rings is 1. The van der Waals surface area contributed by atoms with Gasteiger partial charge in [0.1, 0.15) is 5.76 Å². The first-order valence-corrected chi connectivity index (χ1v) is 7.22. The second-order valence-corrected chi connectivity index (χ2v) is 5.73. The summed E-state index contributed by atoms with van der Waals surface area (Å²) in [7, 11) is -3.98. The number of hydrogen-bond acceptors (Lipinski definition) is 6. The van der Waals surface area contributed by atoms with Gasteiger partial charge in [-0.2, -0.15) is 18.4 Å². The van der Waals surface area contributed by atoms with Gasteiger partial charge in [-0.25, -0.2) is 0 Å². The molecule has 1 aromatic heterocycles. The number of hydrazone groups is 1. The zero-order valence-corrected chi connectivity index (χ0v) is 11.7. The van der Waals surface area contributed by atoms with E-state index in [0.29, 0.717) is 11.3 Å². The van der Waals surface area contributed by atoms with E-state index in [0.717, 1.165) is 6.07 Å². The van der Waals surface area contributed by atoms with E-state index < -0.39 is 14.9 Å². The molecule has 0 aliphatic carbocycles. The fourth-order valence-corrected chi connectivity index (χ4v) is 2.34. The van der Waals surface area contributed by atoms with Crippen LogP contribution in [-0.2, 0) is 10.0 Å². The Morgan fingerprint density at radius 3 is 2.76 bits per heavy atom. The van der Waals surface area contributed by atoms with Gasteiger partial charge in [0.25, 0.3) is 15.7 Å². The summed E-state index contributed by atoms with van der Waals surface area (Å²) in [5, 5.41) is 14.4. The van der Waals surface area contributed by atoms with Crippen LogP contribution in [0.15, 0.2) is 51.0 Å². The van der Waals surface area contributed by atoms with Crippen molar-refractivity contribution in [3.8, 4) is 0 Å². The molecule has 110 valence electrons. The summed E-state index contributed by atoms with van der Waals surface area (Å²) in [6.45, 7) is 1.52. The highest BCUT2D eigenvalue weighted by Crippen LogP contribution is 2.21. The number of rotatable bonds is 5. The van der Waals surface area contributed by atoms with Crippen molar-refractivity contribution >= 4 is 21.9 Å². The number of nitro groups is 1. The minimum Gasteiger partial charge on any atom is -0.463 e. The highest BCUT2D eigenvalue weighted by molar-refractivity contribution is 7.89. The topological polar surface area (TPSA) is 115 Å². The lowest BCUT2D eigenvalue weighted by atomic mass is 10.2. The number of furan rings is 1. The third-order valence-electron chi connectivity index (χ3n) is 2.60. The SMILES string of the molecule is Cc1ccc(S(=O)(=O)N/N=C\c2ccco2)cc1[N+](=O)[O-]. The molecule has 0 aliphatic heterocycles. The van der Waals surface area contributed by atoms with Crippen LogP contribution in [-0.4, -0.2) is 19.6 Å². The van der Waals surface area contributed by atoms with E-state index in [1.165, 1.54) is 31.5 Å². The number of sulfonamides is 1. The maximum atomic E-state index is 12.0. The second-order valence-electron chi connectivity index (χ2n) is 4.07. The van der Waals surface area contributed by atoms with Gasteiger partial charge >= 0.3 is 0 Å². The molecule has 0 aliphatic rings. The highest BCUT2D eigenvalue weighted by atomic mass is 32.2. The maximum absolute atomic E-state index is 12.0. The number of aryl methyl sites for hydroxylation is 1. The third-order valence-corrected chi connectivity index (χ3v) is 3.82. The molecule has 0 unspecified atom stereocenters. The molecular weight excluding hydrogens is 298 g/mol.